The molecule has 5 heteroatoms. The van der Waals surface area contributed by atoms with Crippen LogP contribution in [-0.4, -0.2) is 26.5 Å². The van der Waals surface area contributed by atoms with Crippen LogP contribution in [-0.2, 0) is 6.54 Å². The van der Waals surface area contributed by atoms with Crippen LogP contribution in [0.25, 0.3) is 28.1 Å². The summed E-state index contributed by atoms with van der Waals surface area (Å²) in [5, 5.41) is 2.56. The molecular weight excluding hydrogens is 412 g/mol. The molecule has 5 rings (SSSR count). The molecule has 2 heterocycles. The number of rotatable bonds is 5. The monoisotopic (exact) mass is 437 g/mol. The van der Waals surface area contributed by atoms with Crippen molar-refractivity contribution in [3.63, 3.8) is 0 Å². The van der Waals surface area contributed by atoms with Crippen LogP contribution < -0.4 is 5.32 Å². The zero-order valence-corrected chi connectivity index (χ0v) is 17.6. The van der Waals surface area contributed by atoms with Crippen molar-refractivity contribution in [2.45, 2.75) is 44.7 Å². The van der Waals surface area contributed by atoms with E-state index in [0.29, 0.717) is 0 Å². The second kappa shape index (κ2) is 7.72. The number of nitrogens with zero attached hydrogens (tertiary/aromatic N) is 3. The molecule has 1 aliphatic rings. The van der Waals surface area contributed by atoms with Crippen LogP contribution >= 0.6 is 15.9 Å². The summed E-state index contributed by atoms with van der Waals surface area (Å²) < 4.78 is 5.74. The molecule has 0 spiro atoms. The molecule has 1 saturated carbocycles. The molecule has 2 aromatic heterocycles. The molecule has 28 heavy (non-hydrogen) atoms. The number of para-hydroxylation sites is 2. The van der Waals surface area contributed by atoms with E-state index in [1.807, 2.05) is 0 Å². The maximum absolute atomic E-state index is 4.95. The lowest BCUT2D eigenvalue weighted by atomic mass is 9.95. The molecule has 2 N–H and O–H groups in total. The first kappa shape index (κ1) is 18.0. The number of quaternary nitrogens is 1. The zero-order valence-electron chi connectivity index (χ0n) is 16.0. The van der Waals surface area contributed by atoms with Gasteiger partial charge in [-0.25, -0.2) is 4.98 Å². The summed E-state index contributed by atoms with van der Waals surface area (Å²) in [6.45, 7) is 2.07. The Labute approximate surface area is 173 Å². The molecule has 1 aliphatic carbocycles. The first-order chi connectivity index (χ1) is 13.8. The third-order valence-corrected chi connectivity index (χ3v) is 6.53. The summed E-state index contributed by atoms with van der Waals surface area (Å²) in [4.78, 5) is 4.95. The van der Waals surface area contributed by atoms with Crippen LogP contribution in [0.2, 0.25) is 0 Å². The fourth-order valence-corrected chi connectivity index (χ4v) is 4.79. The van der Waals surface area contributed by atoms with Crippen LogP contribution in [0, 0.1) is 0 Å². The average Bonchev–Trinajstić information content (AvgIpc) is 3.26. The average molecular weight is 438 g/mol. The summed E-state index contributed by atoms with van der Waals surface area (Å²) in [5.41, 5.74) is 4.70. The van der Waals surface area contributed by atoms with Crippen molar-refractivity contribution >= 4 is 32.7 Å². The lowest BCUT2D eigenvalue weighted by molar-refractivity contribution is -0.692. The number of aromatic nitrogens is 3. The molecule has 4 nitrogen and oxygen atoms in total. The first-order valence-electron chi connectivity index (χ1n) is 10.4. The van der Waals surface area contributed by atoms with Crippen molar-refractivity contribution in [3.8, 4) is 11.3 Å². The normalized spacial score (nSPS) is 15.6. The lowest BCUT2D eigenvalue weighted by Gasteiger charge is -2.20. The quantitative estimate of drug-likeness (QED) is 0.486. The molecule has 0 radical (unpaired) electrons. The Morgan fingerprint density at radius 2 is 1.79 bits per heavy atom. The van der Waals surface area contributed by atoms with Gasteiger partial charge in [-0.15, -0.1) is 0 Å². The second-order valence-corrected chi connectivity index (χ2v) is 8.78. The summed E-state index contributed by atoms with van der Waals surface area (Å²) in [6, 6.07) is 17.8. The Balaban J connectivity index is 1.51. The van der Waals surface area contributed by atoms with Gasteiger partial charge in [-0.05, 0) is 55.5 Å². The number of imidazole rings is 2. The minimum absolute atomic E-state index is 0.801. The smallest absolute Gasteiger partial charge is 0.215 e. The molecule has 0 atom stereocenters. The van der Waals surface area contributed by atoms with Crippen molar-refractivity contribution in [1.82, 2.24) is 14.0 Å². The minimum Gasteiger partial charge on any atom is -0.342 e. The molecule has 0 saturated heterocycles. The lowest BCUT2D eigenvalue weighted by Crippen LogP contribution is -2.90. The summed E-state index contributed by atoms with van der Waals surface area (Å²) in [6.07, 6.45) is 9.18. The number of nitrogens with two attached hydrogens (primary N) is 1. The summed E-state index contributed by atoms with van der Waals surface area (Å²) in [5.74, 6) is 1.04. The second-order valence-electron chi connectivity index (χ2n) is 7.87. The molecular formula is C23H26BrN4+. The third-order valence-electron chi connectivity index (χ3n) is 6.00. The first-order valence-corrected chi connectivity index (χ1v) is 11.1. The molecule has 1 fully saturated rings. The largest absolute Gasteiger partial charge is 0.342 e. The fraction of sp³-hybridized carbons (Fsp3) is 0.348. The van der Waals surface area contributed by atoms with E-state index in [1.165, 1.54) is 48.9 Å². The Bertz CT molecular complexity index is 1090. The predicted octanol–water partition coefficient (Wildman–Crippen LogP) is 4.61. The molecule has 0 aliphatic heterocycles. The van der Waals surface area contributed by atoms with Gasteiger partial charge < -0.3 is 9.88 Å². The van der Waals surface area contributed by atoms with Crippen LogP contribution in [0.1, 0.15) is 32.1 Å². The highest BCUT2D eigenvalue weighted by atomic mass is 79.9. The van der Waals surface area contributed by atoms with Gasteiger partial charge in [0.05, 0.1) is 35.9 Å². The highest BCUT2D eigenvalue weighted by molar-refractivity contribution is 9.10. The maximum atomic E-state index is 4.95. The fourth-order valence-electron chi connectivity index (χ4n) is 4.53. The number of hydrogen-bond acceptors (Lipinski definition) is 1. The Hall–Kier alpha value is -2.11. The van der Waals surface area contributed by atoms with E-state index < -0.39 is 0 Å². The van der Waals surface area contributed by atoms with E-state index in [0.717, 1.165) is 34.9 Å². The molecule has 0 unspecified atom stereocenters. The highest BCUT2D eigenvalue weighted by Gasteiger charge is 2.18. The molecule has 0 bridgehead atoms. The van der Waals surface area contributed by atoms with Crippen LogP contribution in [0.5, 0.6) is 0 Å². The Kier molecular flexibility index (Phi) is 4.95. The van der Waals surface area contributed by atoms with Gasteiger partial charge in [0, 0.05) is 10.7 Å². The van der Waals surface area contributed by atoms with Gasteiger partial charge in [-0.3, -0.25) is 4.40 Å². The van der Waals surface area contributed by atoms with Crippen molar-refractivity contribution in [3.05, 3.63) is 59.2 Å². The topological polar surface area (TPSA) is 38.8 Å². The maximum Gasteiger partial charge on any atom is 0.215 e. The van der Waals surface area contributed by atoms with E-state index in [1.54, 1.807) is 0 Å². The van der Waals surface area contributed by atoms with E-state index in [4.69, 9.17) is 4.98 Å². The predicted molar refractivity (Wildman–Crippen MR) is 117 cm³/mol. The van der Waals surface area contributed by atoms with Gasteiger partial charge in [0.15, 0.2) is 0 Å². The number of halogens is 1. The van der Waals surface area contributed by atoms with E-state index in [-0.39, 0.29) is 0 Å². The van der Waals surface area contributed by atoms with Gasteiger partial charge in [-0.1, -0.05) is 46.6 Å². The van der Waals surface area contributed by atoms with Crippen molar-refractivity contribution in [1.29, 1.82) is 0 Å². The number of fused-ring (bicyclic) bond motifs is 3. The van der Waals surface area contributed by atoms with Crippen molar-refractivity contribution in [2.75, 3.05) is 6.54 Å². The van der Waals surface area contributed by atoms with Gasteiger partial charge in [0.25, 0.3) is 0 Å². The Morgan fingerprint density at radius 1 is 1.00 bits per heavy atom. The van der Waals surface area contributed by atoms with Crippen molar-refractivity contribution < 1.29 is 5.32 Å². The molecule has 0 amide bonds. The van der Waals surface area contributed by atoms with Gasteiger partial charge in [0.1, 0.15) is 0 Å². The Morgan fingerprint density at radius 3 is 2.61 bits per heavy atom. The van der Waals surface area contributed by atoms with E-state index >= 15 is 0 Å². The van der Waals surface area contributed by atoms with Crippen LogP contribution in [0.15, 0.2) is 59.2 Å². The SMILES string of the molecule is Brc1ccc(-c2cn3c4ccccc4nc3n2CC[NH2+]C2CCCCC2)cc1. The van der Waals surface area contributed by atoms with Crippen LogP contribution in [0.3, 0.4) is 0 Å². The highest BCUT2D eigenvalue weighted by Crippen LogP contribution is 2.27. The number of benzene rings is 2. The summed E-state index contributed by atoms with van der Waals surface area (Å²) in [7, 11) is 0. The zero-order chi connectivity index (χ0) is 18.9. The van der Waals surface area contributed by atoms with Gasteiger partial charge >= 0.3 is 0 Å². The van der Waals surface area contributed by atoms with E-state index in [2.05, 4.69) is 84.9 Å². The van der Waals surface area contributed by atoms with Gasteiger partial charge in [0.2, 0.25) is 5.78 Å². The molecule has 4 aromatic rings. The third kappa shape index (κ3) is 3.38. The molecule has 2 aromatic carbocycles. The minimum atomic E-state index is 0.801. The standard InChI is InChI=1S/C23H25BrN4/c24-18-12-10-17(11-13-18)22-16-28-21-9-5-4-8-20(21)26-23(28)27(22)15-14-25-19-6-2-1-3-7-19/h4-5,8-13,16,19,25H,1-3,6-7,14-15H2/p+1. The van der Waals surface area contributed by atoms with Gasteiger partial charge in [-0.2, -0.15) is 0 Å². The van der Waals surface area contributed by atoms with E-state index in [9.17, 15) is 0 Å². The molecule has 144 valence electrons. The van der Waals surface area contributed by atoms with Crippen molar-refractivity contribution in [2.24, 2.45) is 0 Å². The van der Waals surface area contributed by atoms with Crippen LogP contribution in [0.4, 0.5) is 0 Å². The number of hydrogen-bond donors (Lipinski definition) is 1. The summed E-state index contributed by atoms with van der Waals surface area (Å²) >= 11 is 3.55.